The van der Waals surface area contributed by atoms with E-state index >= 15 is 0 Å². The Morgan fingerprint density at radius 1 is 1.24 bits per heavy atom. The van der Waals surface area contributed by atoms with Crippen molar-refractivity contribution in [1.29, 1.82) is 0 Å². The van der Waals surface area contributed by atoms with Gasteiger partial charge in [0, 0.05) is 18.6 Å². The van der Waals surface area contributed by atoms with Crippen LogP contribution in [0, 0.1) is 11.3 Å². The summed E-state index contributed by atoms with van der Waals surface area (Å²) in [7, 11) is 1.67. The molecule has 0 amide bonds. The van der Waals surface area contributed by atoms with Gasteiger partial charge in [0.1, 0.15) is 5.75 Å². The van der Waals surface area contributed by atoms with Crippen molar-refractivity contribution in [3.63, 3.8) is 0 Å². The van der Waals surface area contributed by atoms with E-state index in [1.807, 2.05) is 0 Å². The van der Waals surface area contributed by atoms with Crippen LogP contribution in [-0.2, 0) is 21.3 Å². The average molecular weight is 345 g/mol. The fourth-order valence-electron chi connectivity index (χ4n) is 5.47. The summed E-state index contributed by atoms with van der Waals surface area (Å²) in [6.45, 7) is 3.78. The van der Waals surface area contributed by atoms with Crippen molar-refractivity contribution in [2.45, 2.75) is 56.9 Å². The Hall–Kier alpha value is -1.10. The smallest absolute Gasteiger partial charge is 0.189 e. The number of methoxy groups -OCH3 is 1. The Labute approximate surface area is 151 Å². The van der Waals surface area contributed by atoms with E-state index in [0.717, 1.165) is 18.1 Å². The summed E-state index contributed by atoms with van der Waals surface area (Å²) in [5.74, 6) is 1.73. The molecular formula is C21H31NO3. The molecule has 0 aliphatic heterocycles. The zero-order chi connectivity index (χ0) is 17.5. The lowest BCUT2D eigenvalue weighted by molar-refractivity contribution is -0.00860. The molecule has 1 spiro atoms. The minimum absolute atomic E-state index is 0.0685. The molecule has 0 heterocycles. The Morgan fingerprint density at radius 3 is 2.96 bits per heavy atom. The monoisotopic (exact) mass is 345 g/mol. The molecule has 25 heavy (non-hydrogen) atoms. The molecule has 0 unspecified atom stereocenters. The second kappa shape index (κ2) is 6.57. The van der Waals surface area contributed by atoms with Crippen molar-refractivity contribution in [1.82, 2.24) is 0 Å². The summed E-state index contributed by atoms with van der Waals surface area (Å²) in [6, 6.07) is 6.85. The van der Waals surface area contributed by atoms with Gasteiger partial charge in [0.05, 0.1) is 13.2 Å². The fraction of sp³-hybridized carbons (Fsp3) is 0.714. The number of fused-ring (bicyclic) bond motifs is 3. The van der Waals surface area contributed by atoms with Crippen molar-refractivity contribution >= 4 is 0 Å². The highest BCUT2D eigenvalue weighted by molar-refractivity contribution is 5.47. The summed E-state index contributed by atoms with van der Waals surface area (Å²) >= 11 is 0. The van der Waals surface area contributed by atoms with Gasteiger partial charge in [-0.1, -0.05) is 25.8 Å². The number of rotatable bonds is 6. The lowest BCUT2D eigenvalue weighted by atomic mass is 9.59. The molecule has 3 aliphatic rings. The van der Waals surface area contributed by atoms with Gasteiger partial charge in [0.15, 0.2) is 6.79 Å². The van der Waals surface area contributed by atoms with Gasteiger partial charge in [-0.15, -0.1) is 0 Å². The van der Waals surface area contributed by atoms with Crippen LogP contribution in [0.4, 0.5) is 0 Å². The van der Waals surface area contributed by atoms with E-state index < -0.39 is 0 Å². The molecule has 2 N–H and O–H groups in total. The van der Waals surface area contributed by atoms with Crippen LogP contribution >= 0.6 is 0 Å². The van der Waals surface area contributed by atoms with Crippen molar-refractivity contribution in [2.24, 2.45) is 17.1 Å². The van der Waals surface area contributed by atoms with Crippen LogP contribution in [0.25, 0.3) is 0 Å². The summed E-state index contributed by atoms with van der Waals surface area (Å²) in [5, 5.41) is 0. The molecule has 1 aromatic carbocycles. The standard InChI is InChI=1S/C21H31NO3/c1-20-8-4-3-5-16-13-21(16,19(20)22)12-15-6-7-17(11-18(15)20)25-14-24-10-9-23-2/h6-7,11,16,19H,3-5,8-10,12-14,22H2,1-2H3/t16-,19+,20+,21+/m0/s1. The Kier molecular flexibility index (Phi) is 4.55. The third-order valence-corrected chi connectivity index (χ3v) is 7.04. The predicted octanol–water partition coefficient (Wildman–Crippen LogP) is 3.41. The molecule has 0 radical (unpaired) electrons. The topological polar surface area (TPSA) is 53.7 Å². The van der Waals surface area contributed by atoms with Crippen LogP contribution in [0.1, 0.15) is 50.2 Å². The zero-order valence-electron chi connectivity index (χ0n) is 15.6. The van der Waals surface area contributed by atoms with Crippen LogP contribution < -0.4 is 10.5 Å². The molecule has 4 atom stereocenters. The maximum atomic E-state index is 6.90. The highest BCUT2D eigenvalue weighted by atomic mass is 16.7. The van der Waals surface area contributed by atoms with Gasteiger partial charge in [0.25, 0.3) is 0 Å². The Morgan fingerprint density at radius 2 is 2.12 bits per heavy atom. The molecule has 4 heteroatoms. The second-order valence-electron chi connectivity index (χ2n) is 8.43. The fourth-order valence-corrected chi connectivity index (χ4v) is 5.47. The molecule has 2 saturated carbocycles. The van der Waals surface area contributed by atoms with E-state index in [1.54, 1.807) is 7.11 Å². The first-order valence-electron chi connectivity index (χ1n) is 9.69. The number of benzene rings is 1. The molecule has 0 aromatic heterocycles. The molecule has 2 fully saturated rings. The van der Waals surface area contributed by atoms with Gasteiger partial charge < -0.3 is 19.9 Å². The third kappa shape index (κ3) is 2.88. The molecular weight excluding hydrogens is 314 g/mol. The maximum Gasteiger partial charge on any atom is 0.189 e. The molecule has 2 bridgehead atoms. The van der Waals surface area contributed by atoms with E-state index in [1.165, 1.54) is 43.2 Å². The summed E-state index contributed by atoms with van der Waals surface area (Å²) in [5.41, 5.74) is 10.2. The highest BCUT2D eigenvalue weighted by Gasteiger charge is 2.64. The summed E-state index contributed by atoms with van der Waals surface area (Å²) in [6.07, 6.45) is 7.67. The van der Waals surface area contributed by atoms with E-state index in [-0.39, 0.29) is 18.2 Å². The zero-order valence-corrected chi connectivity index (χ0v) is 15.6. The number of ether oxygens (including phenoxy) is 3. The van der Waals surface area contributed by atoms with Crippen molar-refractivity contribution in [2.75, 3.05) is 27.1 Å². The van der Waals surface area contributed by atoms with Crippen LogP contribution in [0.5, 0.6) is 5.75 Å². The van der Waals surface area contributed by atoms with Crippen LogP contribution in [0.3, 0.4) is 0 Å². The van der Waals surface area contributed by atoms with Gasteiger partial charge in [-0.25, -0.2) is 0 Å². The van der Waals surface area contributed by atoms with E-state index in [9.17, 15) is 0 Å². The Balaban J connectivity index is 1.56. The number of hydrogen-bond donors (Lipinski definition) is 1. The normalized spacial score (nSPS) is 36.0. The van der Waals surface area contributed by atoms with Gasteiger partial charge in [-0.3, -0.25) is 0 Å². The lowest BCUT2D eigenvalue weighted by Crippen LogP contribution is -2.54. The third-order valence-electron chi connectivity index (χ3n) is 7.04. The molecule has 138 valence electrons. The van der Waals surface area contributed by atoms with Gasteiger partial charge in [0.2, 0.25) is 0 Å². The van der Waals surface area contributed by atoms with E-state index in [4.69, 9.17) is 19.9 Å². The largest absolute Gasteiger partial charge is 0.468 e. The van der Waals surface area contributed by atoms with Gasteiger partial charge in [-0.05, 0) is 60.3 Å². The first-order valence-corrected chi connectivity index (χ1v) is 9.69. The summed E-state index contributed by atoms with van der Waals surface area (Å²) < 4.78 is 16.2. The van der Waals surface area contributed by atoms with Gasteiger partial charge in [-0.2, -0.15) is 0 Å². The lowest BCUT2D eigenvalue weighted by Gasteiger charge is -2.48. The summed E-state index contributed by atoms with van der Waals surface area (Å²) in [4.78, 5) is 0. The van der Waals surface area contributed by atoms with Crippen molar-refractivity contribution in [3.8, 4) is 5.75 Å². The molecule has 4 nitrogen and oxygen atoms in total. The molecule has 3 aliphatic carbocycles. The number of nitrogens with two attached hydrogens (primary N) is 1. The highest BCUT2D eigenvalue weighted by Crippen LogP contribution is 2.66. The number of hydrogen-bond acceptors (Lipinski definition) is 4. The van der Waals surface area contributed by atoms with Crippen LogP contribution in [0.15, 0.2) is 18.2 Å². The van der Waals surface area contributed by atoms with Crippen molar-refractivity contribution in [3.05, 3.63) is 29.3 Å². The first kappa shape index (κ1) is 17.3. The van der Waals surface area contributed by atoms with Gasteiger partial charge >= 0.3 is 0 Å². The molecule has 0 saturated heterocycles. The minimum Gasteiger partial charge on any atom is -0.468 e. The van der Waals surface area contributed by atoms with E-state index in [0.29, 0.717) is 18.6 Å². The molecule has 4 rings (SSSR count). The Bertz CT molecular complexity index is 634. The predicted molar refractivity (Wildman–Crippen MR) is 97.8 cm³/mol. The van der Waals surface area contributed by atoms with E-state index in [2.05, 4.69) is 25.1 Å². The first-order chi connectivity index (χ1) is 12.1. The second-order valence-corrected chi connectivity index (χ2v) is 8.43. The SMILES string of the molecule is COCCOCOc1ccc2c(c1)[C@@]1(C)CCCC[C@H]3C[C@@]3(C2)[C@@H]1N. The van der Waals surface area contributed by atoms with Crippen molar-refractivity contribution < 1.29 is 14.2 Å². The average Bonchev–Trinajstić information content (AvgIpc) is 3.30. The molecule has 1 aromatic rings. The minimum atomic E-state index is 0.0685. The van der Waals surface area contributed by atoms with Crippen LogP contribution in [0.2, 0.25) is 0 Å². The maximum absolute atomic E-state index is 6.90. The van der Waals surface area contributed by atoms with Crippen LogP contribution in [-0.4, -0.2) is 33.2 Å². The quantitative estimate of drug-likeness (QED) is 0.634.